The number of ether oxygens (including phenoxy) is 1. The lowest BCUT2D eigenvalue weighted by atomic mass is 10.4. The number of rotatable bonds is 3. The Morgan fingerprint density at radius 2 is 2.40 bits per heavy atom. The number of amides is 1. The van der Waals surface area contributed by atoms with E-state index in [2.05, 4.69) is 10.1 Å². The van der Waals surface area contributed by atoms with E-state index in [0.717, 1.165) is 0 Å². The number of carbonyl (C=O) groups excluding carboxylic acids is 2. The van der Waals surface area contributed by atoms with Gasteiger partial charge >= 0.3 is 6.09 Å². The molecule has 1 amide bonds. The zero-order valence-corrected chi connectivity index (χ0v) is 6.09. The topological polar surface area (TPSA) is 55.4 Å². The van der Waals surface area contributed by atoms with Gasteiger partial charge in [-0.25, -0.2) is 4.79 Å². The second-order valence-electron chi connectivity index (χ2n) is 1.79. The Labute approximate surface area is 59.6 Å². The molecule has 10 heavy (non-hydrogen) atoms. The molecule has 0 rings (SSSR count). The van der Waals surface area contributed by atoms with Gasteiger partial charge in [0.1, 0.15) is 6.29 Å². The summed E-state index contributed by atoms with van der Waals surface area (Å²) < 4.78 is 4.51. The summed E-state index contributed by atoms with van der Waals surface area (Å²) in [6.45, 7) is 3.59. The van der Waals surface area contributed by atoms with Crippen molar-refractivity contribution in [3.8, 4) is 0 Å². The minimum Gasteiger partial charge on any atom is -0.450 e. The second kappa shape index (κ2) is 4.78. The van der Waals surface area contributed by atoms with Gasteiger partial charge in [0.25, 0.3) is 0 Å². The number of hydrogen-bond acceptors (Lipinski definition) is 3. The van der Waals surface area contributed by atoms with E-state index in [0.29, 0.717) is 12.9 Å². The molecule has 0 aromatic rings. The predicted molar refractivity (Wildman–Crippen MR) is 35.7 cm³/mol. The molecule has 0 saturated carbocycles. The van der Waals surface area contributed by atoms with E-state index in [4.69, 9.17) is 0 Å². The van der Waals surface area contributed by atoms with E-state index in [1.165, 1.54) is 0 Å². The average molecular weight is 145 g/mol. The SMILES string of the molecule is CCOC(=O)NC(C)C=O. The minimum atomic E-state index is -0.554. The largest absolute Gasteiger partial charge is 0.450 e. The van der Waals surface area contributed by atoms with Gasteiger partial charge in [0, 0.05) is 0 Å². The van der Waals surface area contributed by atoms with Crippen molar-refractivity contribution in [2.45, 2.75) is 19.9 Å². The molecule has 0 aliphatic heterocycles. The van der Waals surface area contributed by atoms with Gasteiger partial charge in [-0.1, -0.05) is 0 Å². The van der Waals surface area contributed by atoms with Crippen LogP contribution in [0.1, 0.15) is 13.8 Å². The molecule has 0 aliphatic rings. The monoisotopic (exact) mass is 145 g/mol. The molecule has 1 N–H and O–H groups in total. The van der Waals surface area contributed by atoms with E-state index < -0.39 is 12.1 Å². The first-order valence-electron chi connectivity index (χ1n) is 3.09. The van der Waals surface area contributed by atoms with Crippen LogP contribution in [-0.2, 0) is 9.53 Å². The van der Waals surface area contributed by atoms with Crippen molar-refractivity contribution in [2.24, 2.45) is 0 Å². The first kappa shape index (κ1) is 8.94. The zero-order valence-electron chi connectivity index (χ0n) is 6.09. The number of aldehydes is 1. The zero-order chi connectivity index (χ0) is 7.98. The van der Waals surface area contributed by atoms with Crippen LogP contribution in [0.3, 0.4) is 0 Å². The summed E-state index contributed by atoms with van der Waals surface area (Å²) in [6.07, 6.45) is 0.0822. The second-order valence-corrected chi connectivity index (χ2v) is 1.79. The van der Waals surface area contributed by atoms with Gasteiger partial charge in [-0.05, 0) is 13.8 Å². The summed E-state index contributed by atoms with van der Waals surface area (Å²) in [5, 5.41) is 2.30. The quantitative estimate of drug-likeness (QED) is 0.582. The summed E-state index contributed by atoms with van der Waals surface area (Å²) in [5.41, 5.74) is 0. The van der Waals surface area contributed by atoms with Crippen LogP contribution >= 0.6 is 0 Å². The van der Waals surface area contributed by atoms with Gasteiger partial charge in [-0.15, -0.1) is 0 Å². The summed E-state index contributed by atoms with van der Waals surface area (Å²) in [4.78, 5) is 20.5. The highest BCUT2D eigenvalue weighted by Gasteiger charge is 2.04. The van der Waals surface area contributed by atoms with Crippen LogP contribution in [0.5, 0.6) is 0 Å². The number of hydrogen-bond donors (Lipinski definition) is 1. The van der Waals surface area contributed by atoms with Crippen LogP contribution < -0.4 is 5.32 Å². The third kappa shape index (κ3) is 3.88. The van der Waals surface area contributed by atoms with Crippen LogP contribution in [0.25, 0.3) is 0 Å². The van der Waals surface area contributed by atoms with E-state index >= 15 is 0 Å². The lowest BCUT2D eigenvalue weighted by Crippen LogP contribution is -2.33. The molecule has 0 heterocycles. The molecule has 0 aliphatic carbocycles. The van der Waals surface area contributed by atoms with Crippen molar-refractivity contribution >= 4 is 12.4 Å². The van der Waals surface area contributed by atoms with Crippen molar-refractivity contribution < 1.29 is 14.3 Å². The number of nitrogens with one attached hydrogen (secondary N) is 1. The van der Waals surface area contributed by atoms with Crippen molar-refractivity contribution in [3.05, 3.63) is 0 Å². The summed E-state index contributed by atoms with van der Waals surface area (Å²) in [7, 11) is 0. The molecule has 0 aromatic heterocycles. The maximum Gasteiger partial charge on any atom is 0.407 e. The number of alkyl carbamates (subject to hydrolysis) is 1. The molecule has 58 valence electrons. The summed E-state index contributed by atoms with van der Waals surface area (Å²) in [5.74, 6) is 0. The van der Waals surface area contributed by atoms with Crippen LogP contribution in [0, 0.1) is 0 Å². The fourth-order valence-electron chi connectivity index (χ4n) is 0.393. The third-order valence-electron chi connectivity index (χ3n) is 0.825. The van der Waals surface area contributed by atoms with Crippen molar-refractivity contribution in [1.29, 1.82) is 0 Å². The first-order valence-corrected chi connectivity index (χ1v) is 3.09. The Balaban J connectivity index is 3.46. The molecular formula is C6H11NO3. The van der Waals surface area contributed by atoms with Gasteiger partial charge in [0.2, 0.25) is 0 Å². The van der Waals surface area contributed by atoms with Crippen LogP contribution in [0.2, 0.25) is 0 Å². The molecule has 0 fully saturated rings. The number of carbonyl (C=O) groups is 2. The summed E-state index contributed by atoms with van der Waals surface area (Å²) in [6, 6.07) is -0.473. The molecule has 4 heteroatoms. The fourth-order valence-corrected chi connectivity index (χ4v) is 0.393. The fraction of sp³-hybridized carbons (Fsp3) is 0.667. The normalized spacial score (nSPS) is 11.8. The lowest BCUT2D eigenvalue weighted by Gasteiger charge is -2.05. The average Bonchev–Trinajstić information content (AvgIpc) is 1.88. The molecule has 0 spiro atoms. The van der Waals surface area contributed by atoms with E-state index in [1.54, 1.807) is 13.8 Å². The molecular weight excluding hydrogens is 134 g/mol. The van der Waals surface area contributed by atoms with Crippen LogP contribution in [0.4, 0.5) is 4.79 Å². The van der Waals surface area contributed by atoms with Gasteiger partial charge in [-0.3, -0.25) is 0 Å². The Hall–Kier alpha value is -1.06. The molecule has 0 aromatic carbocycles. The summed E-state index contributed by atoms with van der Waals surface area (Å²) >= 11 is 0. The van der Waals surface area contributed by atoms with E-state index in [9.17, 15) is 9.59 Å². The smallest absolute Gasteiger partial charge is 0.407 e. The third-order valence-corrected chi connectivity index (χ3v) is 0.825. The molecule has 4 nitrogen and oxygen atoms in total. The minimum absolute atomic E-state index is 0.317. The van der Waals surface area contributed by atoms with Crippen LogP contribution in [-0.4, -0.2) is 25.0 Å². The lowest BCUT2D eigenvalue weighted by molar-refractivity contribution is -0.109. The Morgan fingerprint density at radius 3 is 2.80 bits per heavy atom. The van der Waals surface area contributed by atoms with Gasteiger partial charge < -0.3 is 14.8 Å². The van der Waals surface area contributed by atoms with Gasteiger partial charge in [0.05, 0.1) is 12.6 Å². The Bertz CT molecular complexity index is 124. The highest BCUT2D eigenvalue weighted by atomic mass is 16.5. The molecule has 1 atom stereocenters. The van der Waals surface area contributed by atoms with Crippen molar-refractivity contribution in [1.82, 2.24) is 5.32 Å². The molecule has 0 radical (unpaired) electrons. The highest BCUT2D eigenvalue weighted by Crippen LogP contribution is 1.79. The molecule has 0 bridgehead atoms. The molecule has 1 unspecified atom stereocenters. The molecule has 0 saturated heterocycles. The van der Waals surface area contributed by atoms with Gasteiger partial charge in [0.15, 0.2) is 0 Å². The maximum atomic E-state index is 10.5. The van der Waals surface area contributed by atoms with Crippen molar-refractivity contribution in [3.63, 3.8) is 0 Å². The van der Waals surface area contributed by atoms with Crippen molar-refractivity contribution in [2.75, 3.05) is 6.61 Å². The maximum absolute atomic E-state index is 10.5. The predicted octanol–water partition coefficient (Wildman–Crippen LogP) is 0.320. The van der Waals surface area contributed by atoms with E-state index in [-0.39, 0.29) is 0 Å². The van der Waals surface area contributed by atoms with E-state index in [1.807, 2.05) is 0 Å². The Morgan fingerprint density at radius 1 is 1.80 bits per heavy atom. The van der Waals surface area contributed by atoms with Crippen LogP contribution in [0.15, 0.2) is 0 Å². The first-order chi connectivity index (χ1) is 4.70. The highest BCUT2D eigenvalue weighted by molar-refractivity contribution is 5.72. The standard InChI is InChI=1S/C6H11NO3/c1-3-10-6(9)7-5(2)4-8/h4-5H,3H2,1-2H3,(H,7,9). The Kier molecular flexibility index (Phi) is 4.28. The van der Waals surface area contributed by atoms with Gasteiger partial charge in [-0.2, -0.15) is 0 Å².